The van der Waals surface area contributed by atoms with Gasteiger partial charge in [0.25, 0.3) is 0 Å². The van der Waals surface area contributed by atoms with Crippen LogP contribution in [0.2, 0.25) is 0 Å². The van der Waals surface area contributed by atoms with Crippen molar-refractivity contribution in [2.24, 2.45) is 0 Å². The summed E-state index contributed by atoms with van der Waals surface area (Å²) in [6.45, 7) is 3.67. The highest BCUT2D eigenvalue weighted by molar-refractivity contribution is 7.11. The van der Waals surface area contributed by atoms with Gasteiger partial charge in [0.15, 0.2) is 0 Å². The number of rotatable bonds is 6. The minimum absolute atomic E-state index is 0.243. The summed E-state index contributed by atoms with van der Waals surface area (Å²) in [6, 6.07) is 12.2. The summed E-state index contributed by atoms with van der Waals surface area (Å²) in [4.78, 5) is 7.19. The van der Waals surface area contributed by atoms with E-state index in [-0.39, 0.29) is 6.10 Å². The maximum absolute atomic E-state index is 6.00. The second-order valence-corrected chi connectivity index (χ2v) is 7.85. The molecular weight excluding hydrogens is 348 g/mol. The fourth-order valence-electron chi connectivity index (χ4n) is 2.99. The van der Waals surface area contributed by atoms with Gasteiger partial charge in [-0.3, -0.25) is 0 Å². The molecule has 0 radical (unpaired) electrons. The van der Waals surface area contributed by atoms with Crippen molar-refractivity contribution in [3.8, 4) is 17.1 Å². The molecule has 0 bridgehead atoms. The van der Waals surface area contributed by atoms with E-state index in [2.05, 4.69) is 29.2 Å². The molecule has 26 heavy (non-hydrogen) atoms. The lowest BCUT2D eigenvalue weighted by molar-refractivity contribution is 0.0256. The molecule has 3 aromatic rings. The Labute approximate surface area is 157 Å². The maximum atomic E-state index is 6.00. The minimum Gasteiger partial charge on any atom is -0.490 e. The van der Waals surface area contributed by atoms with Crippen molar-refractivity contribution in [1.82, 2.24) is 10.1 Å². The zero-order valence-electron chi connectivity index (χ0n) is 14.8. The van der Waals surface area contributed by atoms with Crippen LogP contribution < -0.4 is 4.74 Å². The summed E-state index contributed by atoms with van der Waals surface area (Å²) in [7, 11) is 0. The molecule has 1 fully saturated rings. The topological polar surface area (TPSA) is 57.4 Å². The predicted molar refractivity (Wildman–Crippen MR) is 101 cm³/mol. The Morgan fingerprint density at radius 2 is 1.88 bits per heavy atom. The van der Waals surface area contributed by atoms with Crippen LogP contribution >= 0.6 is 11.3 Å². The van der Waals surface area contributed by atoms with Crippen molar-refractivity contribution in [1.29, 1.82) is 0 Å². The van der Waals surface area contributed by atoms with Gasteiger partial charge in [-0.2, -0.15) is 4.98 Å². The van der Waals surface area contributed by atoms with E-state index < -0.39 is 0 Å². The van der Waals surface area contributed by atoms with Gasteiger partial charge in [0.05, 0.1) is 13.2 Å². The Hall–Kier alpha value is -2.18. The fraction of sp³-hybridized carbons (Fsp3) is 0.400. The van der Waals surface area contributed by atoms with Crippen LogP contribution in [0, 0.1) is 6.92 Å². The number of aryl methyl sites for hydroxylation is 3. The van der Waals surface area contributed by atoms with Crippen molar-refractivity contribution in [2.45, 2.75) is 38.7 Å². The molecule has 3 heterocycles. The normalized spacial score (nSPS) is 15.3. The van der Waals surface area contributed by atoms with Gasteiger partial charge in [0, 0.05) is 34.6 Å². The first-order chi connectivity index (χ1) is 12.8. The number of aromatic nitrogens is 2. The third kappa shape index (κ3) is 4.31. The smallest absolute Gasteiger partial charge is 0.227 e. The third-order valence-electron chi connectivity index (χ3n) is 4.43. The van der Waals surface area contributed by atoms with Crippen LogP contribution in [0.1, 0.15) is 28.5 Å². The van der Waals surface area contributed by atoms with Gasteiger partial charge in [-0.15, -0.1) is 11.3 Å². The highest BCUT2D eigenvalue weighted by Gasteiger charge is 2.15. The zero-order valence-corrected chi connectivity index (χ0v) is 15.6. The second kappa shape index (κ2) is 8.01. The summed E-state index contributed by atoms with van der Waals surface area (Å²) in [5.74, 6) is 2.17. The molecule has 0 amide bonds. The van der Waals surface area contributed by atoms with Crippen LogP contribution in [0.15, 0.2) is 40.9 Å². The quantitative estimate of drug-likeness (QED) is 0.642. The summed E-state index contributed by atoms with van der Waals surface area (Å²) in [5, 5.41) is 4.11. The lowest BCUT2D eigenvalue weighted by Gasteiger charge is -2.23. The molecule has 4 rings (SSSR count). The van der Waals surface area contributed by atoms with Gasteiger partial charge >= 0.3 is 0 Å². The Morgan fingerprint density at radius 1 is 1.08 bits per heavy atom. The molecule has 0 aliphatic carbocycles. The average Bonchev–Trinajstić information content (AvgIpc) is 3.30. The van der Waals surface area contributed by atoms with Crippen molar-refractivity contribution in [2.75, 3.05) is 13.2 Å². The van der Waals surface area contributed by atoms with Gasteiger partial charge in [-0.25, -0.2) is 0 Å². The highest BCUT2D eigenvalue weighted by Crippen LogP contribution is 2.23. The monoisotopic (exact) mass is 370 g/mol. The molecule has 1 aliphatic heterocycles. The van der Waals surface area contributed by atoms with Crippen LogP contribution in [0.3, 0.4) is 0 Å². The number of hydrogen-bond donors (Lipinski definition) is 0. The SMILES string of the molecule is Cc1ccc(CCc2nc(-c3ccc(OC4CCOCC4)cc3)no2)s1. The molecule has 5 nitrogen and oxygen atoms in total. The van der Waals surface area contributed by atoms with E-state index in [0.717, 1.165) is 50.2 Å². The van der Waals surface area contributed by atoms with E-state index in [9.17, 15) is 0 Å². The molecule has 0 N–H and O–H groups in total. The first kappa shape index (κ1) is 17.2. The molecule has 1 aromatic carbocycles. The van der Waals surface area contributed by atoms with E-state index in [1.165, 1.54) is 9.75 Å². The molecule has 0 atom stereocenters. The average molecular weight is 370 g/mol. The van der Waals surface area contributed by atoms with Gasteiger partial charge in [0.1, 0.15) is 11.9 Å². The molecule has 2 aromatic heterocycles. The Bertz CT molecular complexity index is 835. The molecule has 0 spiro atoms. The van der Waals surface area contributed by atoms with Gasteiger partial charge in [0.2, 0.25) is 11.7 Å². The molecular formula is C20H22N2O3S. The number of nitrogens with zero attached hydrogens (tertiary/aromatic N) is 2. The summed E-state index contributed by atoms with van der Waals surface area (Å²) in [5.41, 5.74) is 0.936. The van der Waals surface area contributed by atoms with Crippen LogP contribution in [0.4, 0.5) is 0 Å². The number of hydrogen-bond acceptors (Lipinski definition) is 6. The van der Waals surface area contributed by atoms with Crippen molar-refractivity contribution in [3.63, 3.8) is 0 Å². The fourth-order valence-corrected chi connectivity index (χ4v) is 3.88. The molecule has 0 unspecified atom stereocenters. The van der Waals surface area contributed by atoms with E-state index >= 15 is 0 Å². The van der Waals surface area contributed by atoms with Gasteiger partial charge < -0.3 is 14.0 Å². The van der Waals surface area contributed by atoms with Gasteiger partial charge in [-0.05, 0) is 49.7 Å². The number of thiophene rings is 1. The molecule has 1 aliphatic rings. The van der Waals surface area contributed by atoms with Crippen molar-refractivity contribution < 1.29 is 14.0 Å². The lowest BCUT2D eigenvalue weighted by Crippen LogP contribution is -2.25. The van der Waals surface area contributed by atoms with E-state index in [0.29, 0.717) is 11.7 Å². The van der Waals surface area contributed by atoms with E-state index in [4.69, 9.17) is 14.0 Å². The maximum Gasteiger partial charge on any atom is 0.227 e. The zero-order chi connectivity index (χ0) is 17.8. The highest BCUT2D eigenvalue weighted by atomic mass is 32.1. The largest absolute Gasteiger partial charge is 0.490 e. The first-order valence-electron chi connectivity index (χ1n) is 8.99. The Balaban J connectivity index is 1.36. The van der Waals surface area contributed by atoms with Crippen LogP contribution in [-0.2, 0) is 17.6 Å². The summed E-state index contributed by atoms with van der Waals surface area (Å²) in [6.07, 6.45) is 3.82. The molecule has 0 saturated carbocycles. The first-order valence-corrected chi connectivity index (χ1v) is 9.81. The van der Waals surface area contributed by atoms with Crippen LogP contribution in [0.5, 0.6) is 5.75 Å². The Morgan fingerprint density at radius 3 is 2.62 bits per heavy atom. The predicted octanol–water partition coefficient (Wildman–Crippen LogP) is 4.45. The van der Waals surface area contributed by atoms with Crippen LogP contribution in [-0.4, -0.2) is 29.5 Å². The Kier molecular flexibility index (Phi) is 5.32. The van der Waals surface area contributed by atoms with E-state index in [1.807, 2.05) is 35.6 Å². The standard InChI is InChI=1S/C20H22N2O3S/c1-14-2-7-18(26-14)8-9-19-21-20(22-25-19)15-3-5-16(6-4-15)24-17-10-12-23-13-11-17/h2-7,17H,8-13H2,1H3. The minimum atomic E-state index is 0.243. The molecule has 136 valence electrons. The van der Waals surface area contributed by atoms with Crippen molar-refractivity contribution in [3.05, 3.63) is 52.0 Å². The molecule has 6 heteroatoms. The summed E-state index contributed by atoms with van der Waals surface area (Å²) >= 11 is 1.81. The van der Waals surface area contributed by atoms with Crippen molar-refractivity contribution >= 4 is 11.3 Å². The van der Waals surface area contributed by atoms with E-state index in [1.54, 1.807) is 0 Å². The number of ether oxygens (including phenoxy) is 2. The second-order valence-electron chi connectivity index (χ2n) is 6.48. The van der Waals surface area contributed by atoms with Crippen LogP contribution in [0.25, 0.3) is 11.4 Å². The molecule has 1 saturated heterocycles. The number of benzene rings is 1. The summed E-state index contributed by atoms with van der Waals surface area (Å²) < 4.78 is 16.8. The van der Waals surface area contributed by atoms with Gasteiger partial charge in [-0.1, -0.05) is 5.16 Å². The lowest BCUT2D eigenvalue weighted by atomic mass is 10.1. The third-order valence-corrected chi connectivity index (χ3v) is 5.49.